The number of anilines is 1. The number of carbonyl (C=O) groups excluding carboxylic acids is 1. The van der Waals surface area contributed by atoms with Crippen molar-refractivity contribution >= 4 is 39.3 Å². The fourth-order valence-electron chi connectivity index (χ4n) is 2.89. The Labute approximate surface area is 178 Å². The van der Waals surface area contributed by atoms with E-state index in [1.54, 1.807) is 0 Å². The van der Waals surface area contributed by atoms with Crippen LogP contribution in [0.15, 0.2) is 52.1 Å². The predicted octanol–water partition coefficient (Wildman–Crippen LogP) is 5.00. The van der Waals surface area contributed by atoms with Gasteiger partial charge in [-0.2, -0.15) is 0 Å². The summed E-state index contributed by atoms with van der Waals surface area (Å²) in [5, 5.41) is 12.4. The number of hydrogen-bond acceptors (Lipinski definition) is 4. The molecule has 7 heteroatoms. The quantitative estimate of drug-likeness (QED) is 0.506. The lowest BCUT2D eigenvalue weighted by Crippen LogP contribution is -2.16. The second-order valence-electron chi connectivity index (χ2n) is 6.49. The van der Waals surface area contributed by atoms with Crippen LogP contribution in [-0.4, -0.2) is 26.4 Å². The third-order valence-corrected chi connectivity index (χ3v) is 6.47. The molecule has 1 N–H and O–H groups in total. The zero-order valence-corrected chi connectivity index (χ0v) is 18.6. The standard InChI is InChI=1S/C21H23BrN4OS/c1-4-26-19(12-16-8-6-5-7-9-16)24-25-21(26)28-13-20(27)23-18-11-10-17(22)14(2)15(18)3/h5-11H,4,12-13H2,1-3H3,(H,23,27). The number of thioether (sulfide) groups is 1. The van der Waals surface area contributed by atoms with E-state index in [4.69, 9.17) is 0 Å². The van der Waals surface area contributed by atoms with Gasteiger partial charge in [0.1, 0.15) is 5.82 Å². The van der Waals surface area contributed by atoms with Crippen molar-refractivity contribution in [2.45, 2.75) is 38.9 Å². The van der Waals surface area contributed by atoms with E-state index in [1.807, 2.05) is 44.2 Å². The summed E-state index contributed by atoms with van der Waals surface area (Å²) in [7, 11) is 0. The fourth-order valence-corrected chi connectivity index (χ4v) is 4.14. The van der Waals surface area contributed by atoms with Crippen LogP contribution in [0.2, 0.25) is 0 Å². The summed E-state index contributed by atoms with van der Waals surface area (Å²) in [4.78, 5) is 12.4. The molecule has 1 heterocycles. The molecule has 0 unspecified atom stereocenters. The Morgan fingerprint density at radius 1 is 1.11 bits per heavy atom. The molecule has 0 bridgehead atoms. The normalized spacial score (nSPS) is 10.9. The summed E-state index contributed by atoms with van der Waals surface area (Å²) in [5.41, 5.74) is 4.23. The van der Waals surface area contributed by atoms with Gasteiger partial charge in [-0.25, -0.2) is 0 Å². The molecular weight excluding hydrogens is 436 g/mol. The van der Waals surface area contributed by atoms with Gasteiger partial charge in [-0.05, 0) is 49.6 Å². The van der Waals surface area contributed by atoms with Crippen LogP contribution in [0, 0.1) is 13.8 Å². The number of carbonyl (C=O) groups is 1. The molecule has 146 valence electrons. The smallest absolute Gasteiger partial charge is 0.234 e. The van der Waals surface area contributed by atoms with Crippen molar-refractivity contribution < 1.29 is 4.79 Å². The second-order valence-corrected chi connectivity index (χ2v) is 8.28. The number of nitrogens with one attached hydrogen (secondary N) is 1. The Bertz CT molecular complexity index is 972. The van der Waals surface area contributed by atoms with Crippen molar-refractivity contribution in [1.29, 1.82) is 0 Å². The zero-order valence-electron chi connectivity index (χ0n) is 16.2. The van der Waals surface area contributed by atoms with Gasteiger partial charge >= 0.3 is 0 Å². The number of benzene rings is 2. The van der Waals surface area contributed by atoms with Gasteiger partial charge in [-0.3, -0.25) is 4.79 Å². The number of aromatic nitrogens is 3. The molecule has 0 fully saturated rings. The Balaban J connectivity index is 1.64. The van der Waals surface area contributed by atoms with E-state index < -0.39 is 0 Å². The van der Waals surface area contributed by atoms with Gasteiger partial charge in [0.2, 0.25) is 5.91 Å². The third-order valence-electron chi connectivity index (χ3n) is 4.64. The first-order valence-corrected chi connectivity index (χ1v) is 10.9. The van der Waals surface area contributed by atoms with Gasteiger partial charge < -0.3 is 9.88 Å². The Hall–Kier alpha value is -2.12. The number of nitrogens with zero attached hydrogens (tertiary/aromatic N) is 3. The van der Waals surface area contributed by atoms with Crippen molar-refractivity contribution in [3.05, 3.63) is 69.5 Å². The first-order chi connectivity index (χ1) is 13.5. The van der Waals surface area contributed by atoms with E-state index in [1.165, 1.54) is 17.3 Å². The molecule has 1 aromatic heterocycles. The number of hydrogen-bond donors (Lipinski definition) is 1. The van der Waals surface area contributed by atoms with Gasteiger partial charge in [0, 0.05) is 23.1 Å². The average Bonchev–Trinajstić information content (AvgIpc) is 3.09. The van der Waals surface area contributed by atoms with Crippen LogP contribution < -0.4 is 5.32 Å². The van der Waals surface area contributed by atoms with Crippen LogP contribution >= 0.6 is 27.7 Å². The number of rotatable bonds is 7. The van der Waals surface area contributed by atoms with Crippen molar-refractivity contribution in [2.24, 2.45) is 0 Å². The number of amides is 1. The van der Waals surface area contributed by atoms with E-state index in [2.05, 4.69) is 55.1 Å². The highest BCUT2D eigenvalue weighted by Crippen LogP contribution is 2.26. The average molecular weight is 459 g/mol. The first kappa shape index (κ1) is 20.6. The van der Waals surface area contributed by atoms with Crippen LogP contribution in [0.1, 0.15) is 29.4 Å². The van der Waals surface area contributed by atoms with Crippen LogP contribution in [0.4, 0.5) is 5.69 Å². The highest BCUT2D eigenvalue weighted by Gasteiger charge is 2.14. The lowest BCUT2D eigenvalue weighted by atomic mass is 10.1. The summed E-state index contributed by atoms with van der Waals surface area (Å²) in [6.45, 7) is 6.87. The molecule has 2 aromatic carbocycles. The lowest BCUT2D eigenvalue weighted by molar-refractivity contribution is -0.113. The largest absolute Gasteiger partial charge is 0.325 e. The molecular formula is C21H23BrN4OS. The third kappa shape index (κ3) is 4.83. The van der Waals surface area contributed by atoms with Gasteiger partial charge in [-0.1, -0.05) is 58.0 Å². The maximum atomic E-state index is 12.4. The molecule has 0 atom stereocenters. The summed E-state index contributed by atoms with van der Waals surface area (Å²) >= 11 is 4.93. The van der Waals surface area contributed by atoms with Gasteiger partial charge in [0.25, 0.3) is 0 Å². The minimum Gasteiger partial charge on any atom is -0.325 e. The van der Waals surface area contributed by atoms with Gasteiger partial charge in [-0.15, -0.1) is 10.2 Å². The molecule has 0 spiro atoms. The second kappa shape index (κ2) is 9.39. The molecule has 0 aliphatic carbocycles. The van der Waals surface area contributed by atoms with Gasteiger partial charge in [0.05, 0.1) is 5.75 Å². The molecule has 0 saturated heterocycles. The minimum atomic E-state index is -0.0508. The molecule has 28 heavy (non-hydrogen) atoms. The van der Waals surface area contributed by atoms with Crippen molar-refractivity contribution in [1.82, 2.24) is 14.8 Å². The van der Waals surface area contributed by atoms with E-state index in [-0.39, 0.29) is 11.7 Å². The molecule has 0 aliphatic heterocycles. The molecule has 3 aromatic rings. The summed E-state index contributed by atoms with van der Waals surface area (Å²) in [6, 6.07) is 14.1. The molecule has 3 rings (SSSR count). The SMILES string of the molecule is CCn1c(Cc2ccccc2)nnc1SCC(=O)Nc1ccc(Br)c(C)c1C. The molecule has 0 radical (unpaired) electrons. The fraction of sp³-hybridized carbons (Fsp3) is 0.286. The topological polar surface area (TPSA) is 59.8 Å². The Morgan fingerprint density at radius 3 is 2.57 bits per heavy atom. The Kier molecular flexibility index (Phi) is 6.91. The van der Waals surface area contributed by atoms with Crippen LogP contribution in [0.25, 0.3) is 0 Å². The van der Waals surface area contributed by atoms with E-state index >= 15 is 0 Å². The Morgan fingerprint density at radius 2 is 1.86 bits per heavy atom. The summed E-state index contributed by atoms with van der Waals surface area (Å²) in [5.74, 6) is 1.15. The van der Waals surface area contributed by atoms with Crippen molar-refractivity contribution in [3.8, 4) is 0 Å². The molecule has 1 amide bonds. The van der Waals surface area contributed by atoms with E-state index in [0.29, 0.717) is 0 Å². The highest BCUT2D eigenvalue weighted by atomic mass is 79.9. The summed E-state index contributed by atoms with van der Waals surface area (Å²) in [6.07, 6.45) is 0.728. The van der Waals surface area contributed by atoms with E-state index in [0.717, 1.165) is 45.2 Å². The molecule has 0 saturated carbocycles. The van der Waals surface area contributed by atoms with Crippen LogP contribution in [0.5, 0.6) is 0 Å². The molecule has 0 aliphatic rings. The molecule has 5 nitrogen and oxygen atoms in total. The highest BCUT2D eigenvalue weighted by molar-refractivity contribution is 9.10. The van der Waals surface area contributed by atoms with Crippen LogP contribution in [-0.2, 0) is 17.8 Å². The first-order valence-electron chi connectivity index (χ1n) is 9.14. The summed E-state index contributed by atoms with van der Waals surface area (Å²) < 4.78 is 3.11. The maximum absolute atomic E-state index is 12.4. The number of halogens is 1. The predicted molar refractivity (Wildman–Crippen MR) is 118 cm³/mol. The lowest BCUT2D eigenvalue weighted by Gasteiger charge is -2.12. The van der Waals surface area contributed by atoms with Crippen molar-refractivity contribution in [2.75, 3.05) is 11.1 Å². The maximum Gasteiger partial charge on any atom is 0.234 e. The van der Waals surface area contributed by atoms with E-state index in [9.17, 15) is 4.79 Å². The van der Waals surface area contributed by atoms with Crippen molar-refractivity contribution in [3.63, 3.8) is 0 Å². The van der Waals surface area contributed by atoms with Gasteiger partial charge in [0.15, 0.2) is 5.16 Å². The van der Waals surface area contributed by atoms with Crippen LogP contribution in [0.3, 0.4) is 0 Å². The minimum absolute atomic E-state index is 0.0508. The monoisotopic (exact) mass is 458 g/mol. The zero-order chi connectivity index (χ0) is 20.1.